The first kappa shape index (κ1) is 16.1. The first-order valence-corrected chi connectivity index (χ1v) is 7.67. The summed E-state index contributed by atoms with van der Waals surface area (Å²) < 4.78 is 4.89. The van der Waals surface area contributed by atoms with Gasteiger partial charge in [-0.1, -0.05) is 17.7 Å². The number of benzene rings is 1. The molecule has 1 unspecified atom stereocenters. The minimum absolute atomic E-state index is 0.0416. The normalized spacial score (nSPS) is 12.3. The van der Waals surface area contributed by atoms with E-state index in [1.165, 1.54) is 34.0 Å². The number of esters is 1. The SMILES string of the molecule is CCOC(=O)CSCC(N)c1c(C)cc(C)cc1C. The largest absolute Gasteiger partial charge is 0.465 e. The topological polar surface area (TPSA) is 52.3 Å². The molecule has 0 bridgehead atoms. The van der Waals surface area contributed by atoms with Crippen LogP contribution >= 0.6 is 11.8 Å². The van der Waals surface area contributed by atoms with Crippen molar-refractivity contribution in [2.45, 2.75) is 33.7 Å². The Morgan fingerprint density at radius 2 is 1.89 bits per heavy atom. The number of hydrogen-bond donors (Lipinski definition) is 1. The Morgan fingerprint density at radius 1 is 1.32 bits per heavy atom. The van der Waals surface area contributed by atoms with E-state index in [0.717, 1.165) is 5.75 Å². The molecule has 0 aliphatic carbocycles. The number of carbonyl (C=O) groups is 1. The van der Waals surface area contributed by atoms with Gasteiger partial charge in [-0.2, -0.15) is 0 Å². The van der Waals surface area contributed by atoms with Crippen LogP contribution in [0.4, 0.5) is 0 Å². The summed E-state index contributed by atoms with van der Waals surface area (Å²) in [6, 6.07) is 4.26. The zero-order valence-corrected chi connectivity index (χ0v) is 13.0. The first-order chi connectivity index (χ1) is 8.95. The second-order valence-electron chi connectivity index (χ2n) is 4.74. The predicted molar refractivity (Wildman–Crippen MR) is 81.5 cm³/mol. The zero-order chi connectivity index (χ0) is 14.4. The maximum absolute atomic E-state index is 11.3. The average Bonchev–Trinajstić information content (AvgIpc) is 2.27. The van der Waals surface area contributed by atoms with Crippen molar-refractivity contribution in [1.82, 2.24) is 0 Å². The molecule has 0 amide bonds. The molecule has 0 aliphatic rings. The van der Waals surface area contributed by atoms with Crippen molar-refractivity contribution in [2.24, 2.45) is 5.73 Å². The molecule has 106 valence electrons. The maximum atomic E-state index is 11.3. The second-order valence-corrected chi connectivity index (χ2v) is 5.77. The van der Waals surface area contributed by atoms with Gasteiger partial charge < -0.3 is 10.5 Å². The fraction of sp³-hybridized carbons (Fsp3) is 0.533. The molecule has 1 aromatic rings. The van der Waals surface area contributed by atoms with Gasteiger partial charge in [-0.3, -0.25) is 4.79 Å². The summed E-state index contributed by atoms with van der Waals surface area (Å²) in [4.78, 5) is 11.3. The van der Waals surface area contributed by atoms with Crippen molar-refractivity contribution >= 4 is 17.7 Å². The number of ether oxygens (including phenoxy) is 1. The summed E-state index contributed by atoms with van der Waals surface area (Å²) in [5.74, 6) is 0.923. The van der Waals surface area contributed by atoms with E-state index in [1.54, 1.807) is 0 Å². The van der Waals surface area contributed by atoms with Crippen LogP contribution in [0.3, 0.4) is 0 Å². The van der Waals surface area contributed by atoms with Crippen LogP contribution in [-0.4, -0.2) is 24.1 Å². The number of carbonyl (C=O) groups excluding carboxylic acids is 1. The van der Waals surface area contributed by atoms with E-state index in [4.69, 9.17) is 10.5 Å². The molecule has 1 rings (SSSR count). The van der Waals surface area contributed by atoms with E-state index >= 15 is 0 Å². The van der Waals surface area contributed by atoms with Crippen molar-refractivity contribution in [2.75, 3.05) is 18.1 Å². The van der Waals surface area contributed by atoms with Crippen molar-refractivity contribution in [3.63, 3.8) is 0 Å². The van der Waals surface area contributed by atoms with Crippen LogP contribution in [0, 0.1) is 20.8 Å². The van der Waals surface area contributed by atoms with Crippen molar-refractivity contribution < 1.29 is 9.53 Å². The monoisotopic (exact) mass is 281 g/mol. The third-order valence-electron chi connectivity index (χ3n) is 2.93. The fourth-order valence-corrected chi connectivity index (χ4v) is 3.12. The van der Waals surface area contributed by atoms with Crippen molar-refractivity contribution in [3.05, 3.63) is 34.4 Å². The van der Waals surface area contributed by atoms with Gasteiger partial charge in [0.1, 0.15) is 0 Å². The molecule has 0 radical (unpaired) electrons. The van der Waals surface area contributed by atoms with Crippen LogP contribution in [0.25, 0.3) is 0 Å². The molecule has 0 saturated carbocycles. The van der Waals surface area contributed by atoms with Crippen LogP contribution in [0.15, 0.2) is 12.1 Å². The lowest BCUT2D eigenvalue weighted by atomic mass is 9.95. The molecule has 0 fully saturated rings. The Labute approximate surface area is 119 Å². The van der Waals surface area contributed by atoms with E-state index in [1.807, 2.05) is 6.92 Å². The van der Waals surface area contributed by atoms with E-state index < -0.39 is 0 Å². The van der Waals surface area contributed by atoms with Crippen molar-refractivity contribution in [1.29, 1.82) is 0 Å². The molecule has 0 aromatic heterocycles. The third kappa shape index (κ3) is 4.88. The highest BCUT2D eigenvalue weighted by molar-refractivity contribution is 7.99. The van der Waals surface area contributed by atoms with Gasteiger partial charge in [-0.05, 0) is 44.4 Å². The zero-order valence-electron chi connectivity index (χ0n) is 12.2. The van der Waals surface area contributed by atoms with E-state index in [-0.39, 0.29) is 12.0 Å². The summed E-state index contributed by atoms with van der Waals surface area (Å²) in [6.07, 6.45) is 0. The van der Waals surface area contributed by atoms with Crippen LogP contribution in [-0.2, 0) is 9.53 Å². The average molecular weight is 281 g/mol. The number of aryl methyl sites for hydroxylation is 3. The first-order valence-electron chi connectivity index (χ1n) is 6.52. The summed E-state index contributed by atoms with van der Waals surface area (Å²) in [5.41, 5.74) is 11.1. The Morgan fingerprint density at radius 3 is 2.42 bits per heavy atom. The molecule has 1 aromatic carbocycles. The molecule has 0 heterocycles. The van der Waals surface area contributed by atoms with E-state index in [2.05, 4.69) is 32.9 Å². The van der Waals surface area contributed by atoms with E-state index in [0.29, 0.717) is 12.4 Å². The number of hydrogen-bond acceptors (Lipinski definition) is 4. The van der Waals surface area contributed by atoms with Gasteiger partial charge in [0.15, 0.2) is 0 Å². The van der Waals surface area contributed by atoms with Gasteiger partial charge in [0, 0.05) is 11.8 Å². The quantitative estimate of drug-likeness (QED) is 0.815. The van der Waals surface area contributed by atoms with Gasteiger partial charge in [0.25, 0.3) is 0 Å². The molecule has 4 heteroatoms. The van der Waals surface area contributed by atoms with Crippen LogP contribution in [0.5, 0.6) is 0 Å². The Balaban J connectivity index is 2.59. The fourth-order valence-electron chi connectivity index (χ4n) is 2.33. The standard InChI is InChI=1S/C15H23NO2S/c1-5-18-14(17)9-19-8-13(16)15-11(3)6-10(2)7-12(15)4/h6-7,13H,5,8-9,16H2,1-4H3. The molecule has 3 nitrogen and oxygen atoms in total. The Hall–Kier alpha value is -1.00. The van der Waals surface area contributed by atoms with Crippen LogP contribution in [0.1, 0.15) is 35.2 Å². The van der Waals surface area contributed by atoms with Gasteiger partial charge in [-0.15, -0.1) is 11.8 Å². The van der Waals surface area contributed by atoms with E-state index in [9.17, 15) is 4.79 Å². The molecule has 0 saturated heterocycles. The Kier molecular flexibility index (Phi) is 6.38. The molecule has 0 aliphatic heterocycles. The molecule has 2 N–H and O–H groups in total. The molecular weight excluding hydrogens is 258 g/mol. The molecular formula is C15H23NO2S. The van der Waals surface area contributed by atoms with Gasteiger partial charge >= 0.3 is 5.97 Å². The number of thioether (sulfide) groups is 1. The lowest BCUT2D eigenvalue weighted by Gasteiger charge is -2.18. The smallest absolute Gasteiger partial charge is 0.315 e. The van der Waals surface area contributed by atoms with Crippen LogP contribution < -0.4 is 5.73 Å². The summed E-state index contributed by atoms with van der Waals surface area (Å²) in [5, 5.41) is 0. The van der Waals surface area contributed by atoms with Gasteiger partial charge in [-0.25, -0.2) is 0 Å². The highest BCUT2D eigenvalue weighted by Gasteiger charge is 2.13. The minimum Gasteiger partial charge on any atom is -0.465 e. The predicted octanol–water partition coefficient (Wildman–Crippen LogP) is 2.91. The third-order valence-corrected chi connectivity index (χ3v) is 3.97. The lowest BCUT2D eigenvalue weighted by molar-refractivity contribution is -0.139. The number of rotatable bonds is 6. The van der Waals surface area contributed by atoms with Gasteiger partial charge in [0.05, 0.1) is 12.4 Å². The van der Waals surface area contributed by atoms with Gasteiger partial charge in [0.2, 0.25) is 0 Å². The second kappa shape index (κ2) is 7.56. The molecule has 1 atom stereocenters. The summed E-state index contributed by atoms with van der Waals surface area (Å²) >= 11 is 1.53. The van der Waals surface area contributed by atoms with Crippen LogP contribution in [0.2, 0.25) is 0 Å². The summed E-state index contributed by atoms with van der Waals surface area (Å²) in [7, 11) is 0. The summed E-state index contributed by atoms with van der Waals surface area (Å²) in [6.45, 7) is 8.51. The van der Waals surface area contributed by atoms with Crippen molar-refractivity contribution in [3.8, 4) is 0 Å². The maximum Gasteiger partial charge on any atom is 0.315 e. The number of nitrogens with two attached hydrogens (primary N) is 1. The highest BCUT2D eigenvalue weighted by atomic mass is 32.2. The Bertz CT molecular complexity index is 423. The minimum atomic E-state index is -0.169. The highest BCUT2D eigenvalue weighted by Crippen LogP contribution is 2.24. The molecule has 19 heavy (non-hydrogen) atoms. The molecule has 0 spiro atoms. The lowest BCUT2D eigenvalue weighted by Crippen LogP contribution is -2.17.